The van der Waals surface area contributed by atoms with E-state index in [0.29, 0.717) is 25.6 Å². The first kappa shape index (κ1) is 21.5. The number of nitrogens with zero attached hydrogens (tertiary/aromatic N) is 2. The zero-order valence-electron chi connectivity index (χ0n) is 15.2. The Kier molecular flexibility index (Phi) is 7.96. The summed E-state index contributed by atoms with van der Waals surface area (Å²) in [5, 5.41) is 6.18. The maximum Gasteiger partial charge on any atom is 0.236 e. The third-order valence-corrected chi connectivity index (χ3v) is 5.92. The summed E-state index contributed by atoms with van der Waals surface area (Å²) in [6.07, 6.45) is 2.36. The second-order valence-corrected chi connectivity index (χ2v) is 7.98. The maximum absolute atomic E-state index is 12.7. The van der Waals surface area contributed by atoms with Crippen molar-refractivity contribution >= 4 is 45.6 Å². The minimum Gasteiger partial charge on any atom is -0.467 e. The van der Waals surface area contributed by atoms with Crippen LogP contribution in [0, 0.1) is 0 Å². The van der Waals surface area contributed by atoms with E-state index in [9.17, 15) is 8.42 Å². The number of fused-ring (bicyclic) bond motifs is 1. The van der Waals surface area contributed by atoms with Crippen molar-refractivity contribution in [2.75, 3.05) is 29.7 Å². The molecule has 1 aromatic carbocycles. The van der Waals surface area contributed by atoms with Crippen molar-refractivity contribution < 1.29 is 12.8 Å². The van der Waals surface area contributed by atoms with Crippen molar-refractivity contribution in [3.8, 4) is 0 Å². The van der Waals surface area contributed by atoms with Crippen molar-refractivity contribution in [2.45, 2.75) is 19.9 Å². The van der Waals surface area contributed by atoms with E-state index in [4.69, 9.17) is 4.42 Å². The number of furan rings is 1. The molecule has 1 aromatic heterocycles. The van der Waals surface area contributed by atoms with Gasteiger partial charge in [-0.15, -0.1) is 24.0 Å². The quantitative estimate of drug-likeness (QED) is 0.344. The third kappa shape index (κ3) is 5.61. The van der Waals surface area contributed by atoms with E-state index in [-0.39, 0.29) is 36.3 Å². The molecule has 0 atom stereocenters. The first-order chi connectivity index (χ1) is 12.6. The van der Waals surface area contributed by atoms with Crippen LogP contribution < -0.4 is 14.9 Å². The Labute approximate surface area is 177 Å². The van der Waals surface area contributed by atoms with Crippen LogP contribution in [0.5, 0.6) is 0 Å². The lowest BCUT2D eigenvalue weighted by Crippen LogP contribution is -2.42. The number of hydrogen-bond acceptors (Lipinski definition) is 4. The van der Waals surface area contributed by atoms with Crippen LogP contribution >= 0.6 is 24.0 Å². The van der Waals surface area contributed by atoms with E-state index in [0.717, 1.165) is 23.4 Å². The van der Waals surface area contributed by atoms with Gasteiger partial charge >= 0.3 is 0 Å². The summed E-state index contributed by atoms with van der Waals surface area (Å²) >= 11 is 0. The topological polar surface area (TPSA) is 86.9 Å². The Hall–Kier alpha value is -1.75. The van der Waals surface area contributed by atoms with Gasteiger partial charge < -0.3 is 15.1 Å². The highest BCUT2D eigenvalue weighted by Gasteiger charge is 2.28. The molecule has 7 nitrogen and oxygen atoms in total. The molecule has 0 amide bonds. The summed E-state index contributed by atoms with van der Waals surface area (Å²) in [4.78, 5) is 4.40. The Balaban J connectivity index is 0.00000261. The average Bonchev–Trinajstić information content (AvgIpc) is 3.29. The summed E-state index contributed by atoms with van der Waals surface area (Å²) in [6, 6.07) is 11.3. The number of sulfonamides is 1. The Morgan fingerprint density at radius 2 is 2.04 bits per heavy atom. The van der Waals surface area contributed by atoms with E-state index in [1.54, 1.807) is 6.26 Å². The monoisotopic (exact) mass is 504 g/mol. The summed E-state index contributed by atoms with van der Waals surface area (Å²) in [7, 11) is -3.37. The molecule has 0 saturated carbocycles. The van der Waals surface area contributed by atoms with Crippen LogP contribution in [0.15, 0.2) is 52.1 Å². The second-order valence-electron chi connectivity index (χ2n) is 5.97. The standard InChI is InChI=1S/C18H24N4O3S.HI/c1-2-19-18(21-14-16-7-5-12-25-16)20-10-13-26(23,24)22-11-9-15-6-3-4-8-17(15)22;/h3-8,12H,2,9-11,13-14H2,1H3,(H2,19,20,21);1H. The van der Waals surface area contributed by atoms with Gasteiger partial charge in [0.15, 0.2) is 5.96 Å². The number of guanidine groups is 1. The number of para-hydroxylation sites is 1. The van der Waals surface area contributed by atoms with Gasteiger partial charge in [0.2, 0.25) is 10.0 Å². The molecular weight excluding hydrogens is 479 g/mol. The molecule has 9 heteroatoms. The molecule has 2 N–H and O–H groups in total. The molecule has 0 spiro atoms. The Bertz CT molecular complexity index is 853. The maximum atomic E-state index is 12.7. The van der Waals surface area contributed by atoms with E-state index < -0.39 is 10.0 Å². The zero-order chi connectivity index (χ0) is 18.4. The molecule has 2 aromatic rings. The minimum atomic E-state index is -3.37. The lowest BCUT2D eigenvalue weighted by molar-refractivity contribution is 0.512. The second kappa shape index (κ2) is 9.98. The van der Waals surface area contributed by atoms with Gasteiger partial charge in [-0.1, -0.05) is 18.2 Å². The van der Waals surface area contributed by atoms with Gasteiger partial charge in [0.1, 0.15) is 12.3 Å². The van der Waals surface area contributed by atoms with Crippen LogP contribution in [0.4, 0.5) is 5.69 Å². The number of benzene rings is 1. The van der Waals surface area contributed by atoms with Gasteiger partial charge in [-0.2, -0.15) is 0 Å². The van der Waals surface area contributed by atoms with Gasteiger partial charge in [0, 0.05) is 19.6 Å². The smallest absolute Gasteiger partial charge is 0.236 e. The third-order valence-electron chi connectivity index (χ3n) is 4.15. The van der Waals surface area contributed by atoms with Crippen molar-refractivity contribution in [1.82, 2.24) is 10.6 Å². The van der Waals surface area contributed by atoms with E-state index in [1.807, 2.05) is 43.3 Å². The highest BCUT2D eigenvalue weighted by atomic mass is 127. The fourth-order valence-corrected chi connectivity index (χ4v) is 4.33. The summed E-state index contributed by atoms with van der Waals surface area (Å²) < 4.78 is 32.1. The molecule has 0 saturated heterocycles. The largest absolute Gasteiger partial charge is 0.467 e. The molecule has 3 rings (SSSR count). The van der Waals surface area contributed by atoms with Crippen LogP contribution in [0.2, 0.25) is 0 Å². The summed E-state index contributed by atoms with van der Waals surface area (Å²) in [6.45, 7) is 3.84. The van der Waals surface area contributed by atoms with Crippen LogP contribution in [0.3, 0.4) is 0 Å². The van der Waals surface area contributed by atoms with Gasteiger partial charge in [-0.05, 0) is 37.1 Å². The lowest BCUT2D eigenvalue weighted by Gasteiger charge is -2.20. The molecule has 0 fully saturated rings. The van der Waals surface area contributed by atoms with Crippen LogP contribution in [-0.4, -0.2) is 39.8 Å². The number of aliphatic imine (C=N–C) groups is 1. The molecular formula is C18H25IN4O3S. The number of hydrogen-bond donors (Lipinski definition) is 2. The number of anilines is 1. The van der Waals surface area contributed by atoms with E-state index >= 15 is 0 Å². The van der Waals surface area contributed by atoms with Crippen LogP contribution in [0.1, 0.15) is 18.2 Å². The highest BCUT2D eigenvalue weighted by molar-refractivity contribution is 14.0. The fourth-order valence-electron chi connectivity index (χ4n) is 2.91. The normalized spacial score (nSPS) is 13.8. The number of halogens is 1. The average molecular weight is 504 g/mol. The molecule has 1 aliphatic heterocycles. The van der Waals surface area contributed by atoms with Crippen molar-refractivity contribution in [3.05, 3.63) is 54.0 Å². The van der Waals surface area contributed by atoms with Gasteiger partial charge in [-0.3, -0.25) is 4.31 Å². The number of nitrogens with one attached hydrogen (secondary N) is 2. The SMILES string of the molecule is CCNC(=NCc1ccco1)NCCS(=O)(=O)N1CCc2ccccc21.I. The lowest BCUT2D eigenvalue weighted by atomic mass is 10.2. The van der Waals surface area contributed by atoms with E-state index in [1.165, 1.54) is 4.31 Å². The molecule has 0 radical (unpaired) electrons. The number of rotatable bonds is 7. The molecule has 27 heavy (non-hydrogen) atoms. The first-order valence-corrected chi connectivity index (χ1v) is 10.3. The molecule has 2 heterocycles. The van der Waals surface area contributed by atoms with Gasteiger partial charge in [0.05, 0.1) is 17.7 Å². The van der Waals surface area contributed by atoms with Crippen molar-refractivity contribution in [1.29, 1.82) is 0 Å². The predicted octanol–water partition coefficient (Wildman–Crippen LogP) is 2.35. The van der Waals surface area contributed by atoms with Gasteiger partial charge in [0.25, 0.3) is 0 Å². The Morgan fingerprint density at radius 1 is 1.22 bits per heavy atom. The predicted molar refractivity (Wildman–Crippen MR) is 118 cm³/mol. The molecule has 0 unspecified atom stereocenters. The Morgan fingerprint density at radius 3 is 2.78 bits per heavy atom. The van der Waals surface area contributed by atoms with E-state index in [2.05, 4.69) is 15.6 Å². The molecule has 0 bridgehead atoms. The first-order valence-electron chi connectivity index (χ1n) is 8.73. The molecule has 148 valence electrons. The van der Waals surface area contributed by atoms with Crippen molar-refractivity contribution in [2.24, 2.45) is 4.99 Å². The van der Waals surface area contributed by atoms with Crippen LogP contribution in [-0.2, 0) is 23.0 Å². The zero-order valence-corrected chi connectivity index (χ0v) is 18.4. The van der Waals surface area contributed by atoms with Gasteiger partial charge in [-0.25, -0.2) is 13.4 Å². The minimum absolute atomic E-state index is 0. The van der Waals surface area contributed by atoms with Crippen molar-refractivity contribution in [3.63, 3.8) is 0 Å². The summed E-state index contributed by atoms with van der Waals surface area (Å²) in [5.41, 5.74) is 1.88. The highest BCUT2D eigenvalue weighted by Crippen LogP contribution is 2.29. The molecule has 1 aliphatic rings. The fraction of sp³-hybridized carbons (Fsp3) is 0.389. The van der Waals surface area contributed by atoms with Crippen LogP contribution in [0.25, 0.3) is 0 Å². The summed E-state index contributed by atoms with van der Waals surface area (Å²) in [5.74, 6) is 1.33. The molecule has 0 aliphatic carbocycles.